The molecule has 0 aliphatic carbocycles. The van der Waals surface area contributed by atoms with Crippen LogP contribution in [0.1, 0.15) is 38.0 Å². The predicted molar refractivity (Wildman–Crippen MR) is 74.4 cm³/mol. The first kappa shape index (κ1) is 16.0. The van der Waals surface area contributed by atoms with Crippen molar-refractivity contribution in [2.24, 2.45) is 0 Å². The van der Waals surface area contributed by atoms with E-state index in [4.69, 9.17) is 9.47 Å². The molecule has 1 unspecified atom stereocenters. The molecule has 2 atom stereocenters. The molecule has 0 radical (unpaired) electrons. The summed E-state index contributed by atoms with van der Waals surface area (Å²) in [7, 11) is 0. The summed E-state index contributed by atoms with van der Waals surface area (Å²) in [5.74, 6) is 0.716. The van der Waals surface area contributed by atoms with Crippen molar-refractivity contribution in [1.29, 1.82) is 0 Å². The molecule has 19 heavy (non-hydrogen) atoms. The molecule has 0 amide bonds. The summed E-state index contributed by atoms with van der Waals surface area (Å²) in [6.07, 6.45) is -1.03. The van der Waals surface area contributed by atoms with Crippen LogP contribution in [-0.2, 0) is 4.74 Å². The zero-order valence-corrected chi connectivity index (χ0v) is 12.1. The molecule has 1 aromatic carbocycles. The Morgan fingerprint density at radius 1 is 1.11 bits per heavy atom. The van der Waals surface area contributed by atoms with E-state index in [0.29, 0.717) is 5.75 Å². The zero-order valence-electron chi connectivity index (χ0n) is 12.1. The summed E-state index contributed by atoms with van der Waals surface area (Å²) in [5.41, 5.74) is 1.80. The number of aliphatic hydroxyl groups excluding tert-OH is 2. The van der Waals surface area contributed by atoms with Gasteiger partial charge in [0.25, 0.3) is 0 Å². The van der Waals surface area contributed by atoms with Crippen LogP contribution in [0, 0.1) is 6.92 Å². The lowest BCUT2D eigenvalue weighted by Crippen LogP contribution is -2.25. The van der Waals surface area contributed by atoms with Gasteiger partial charge in [-0.1, -0.05) is 6.07 Å². The molecule has 0 aromatic heterocycles. The highest BCUT2D eigenvalue weighted by molar-refractivity contribution is 5.36. The van der Waals surface area contributed by atoms with Crippen LogP contribution in [0.15, 0.2) is 18.2 Å². The second-order valence-electron chi connectivity index (χ2n) is 5.05. The van der Waals surface area contributed by atoms with Gasteiger partial charge in [0.1, 0.15) is 18.5 Å². The molecule has 0 bridgehead atoms. The molecule has 1 aromatic rings. The van der Waals surface area contributed by atoms with E-state index in [2.05, 4.69) is 0 Å². The van der Waals surface area contributed by atoms with E-state index < -0.39 is 12.2 Å². The topological polar surface area (TPSA) is 58.9 Å². The van der Waals surface area contributed by atoms with Crippen LogP contribution in [0.25, 0.3) is 0 Å². The van der Waals surface area contributed by atoms with Gasteiger partial charge in [-0.2, -0.15) is 0 Å². The van der Waals surface area contributed by atoms with Gasteiger partial charge in [-0.3, -0.25) is 0 Å². The van der Waals surface area contributed by atoms with Crippen molar-refractivity contribution < 1.29 is 19.7 Å². The van der Waals surface area contributed by atoms with E-state index in [0.717, 1.165) is 11.1 Å². The lowest BCUT2D eigenvalue weighted by Gasteiger charge is -2.16. The standard InChI is InChI=1S/C15H24O4/c1-10(2)18-8-14(17)9-19-15-6-5-13(12(4)16)7-11(15)3/h5-7,10,12,14,16-17H,8-9H2,1-4H3/t12-,14?/m0/s1. The molecular weight excluding hydrogens is 244 g/mol. The lowest BCUT2D eigenvalue weighted by molar-refractivity contribution is -0.0123. The van der Waals surface area contributed by atoms with Crippen LogP contribution in [0.5, 0.6) is 5.75 Å². The fourth-order valence-corrected chi connectivity index (χ4v) is 1.63. The number of aryl methyl sites for hydroxylation is 1. The van der Waals surface area contributed by atoms with Gasteiger partial charge in [0.15, 0.2) is 0 Å². The molecule has 0 saturated carbocycles. The molecule has 4 heteroatoms. The van der Waals surface area contributed by atoms with Crippen LogP contribution in [0.3, 0.4) is 0 Å². The molecule has 0 aliphatic rings. The van der Waals surface area contributed by atoms with Crippen molar-refractivity contribution in [2.75, 3.05) is 13.2 Å². The minimum Gasteiger partial charge on any atom is -0.491 e. The Balaban J connectivity index is 2.49. The lowest BCUT2D eigenvalue weighted by atomic mass is 10.1. The fraction of sp³-hybridized carbons (Fsp3) is 0.600. The van der Waals surface area contributed by atoms with Crippen molar-refractivity contribution >= 4 is 0 Å². The molecule has 0 spiro atoms. The van der Waals surface area contributed by atoms with E-state index >= 15 is 0 Å². The Bertz CT molecular complexity index is 388. The Hall–Kier alpha value is -1.10. The Morgan fingerprint density at radius 2 is 1.79 bits per heavy atom. The summed E-state index contributed by atoms with van der Waals surface area (Å²) < 4.78 is 10.9. The molecule has 2 N–H and O–H groups in total. The van der Waals surface area contributed by atoms with E-state index in [-0.39, 0.29) is 19.3 Å². The summed E-state index contributed by atoms with van der Waals surface area (Å²) >= 11 is 0. The number of hydrogen-bond donors (Lipinski definition) is 2. The van der Waals surface area contributed by atoms with Crippen LogP contribution in [0.2, 0.25) is 0 Å². The van der Waals surface area contributed by atoms with Gasteiger partial charge < -0.3 is 19.7 Å². The van der Waals surface area contributed by atoms with Crippen molar-refractivity contribution in [3.63, 3.8) is 0 Å². The number of ether oxygens (including phenoxy) is 2. The Morgan fingerprint density at radius 3 is 2.32 bits per heavy atom. The highest BCUT2D eigenvalue weighted by Gasteiger charge is 2.09. The predicted octanol–water partition coefficient (Wildman–Crippen LogP) is 2.21. The highest BCUT2D eigenvalue weighted by Crippen LogP contribution is 2.22. The number of benzene rings is 1. The molecule has 108 valence electrons. The van der Waals surface area contributed by atoms with Crippen LogP contribution in [0.4, 0.5) is 0 Å². The van der Waals surface area contributed by atoms with Gasteiger partial charge in [-0.15, -0.1) is 0 Å². The first-order valence-corrected chi connectivity index (χ1v) is 6.61. The van der Waals surface area contributed by atoms with Crippen molar-refractivity contribution in [3.05, 3.63) is 29.3 Å². The van der Waals surface area contributed by atoms with Crippen molar-refractivity contribution in [1.82, 2.24) is 0 Å². The molecule has 4 nitrogen and oxygen atoms in total. The third kappa shape index (κ3) is 5.59. The molecule has 0 saturated heterocycles. The van der Waals surface area contributed by atoms with Gasteiger partial charge in [0, 0.05) is 0 Å². The molecule has 0 heterocycles. The average Bonchev–Trinajstić information content (AvgIpc) is 2.34. The Labute approximate surface area is 115 Å². The minimum atomic E-state index is -0.641. The van der Waals surface area contributed by atoms with E-state index in [9.17, 15) is 10.2 Å². The average molecular weight is 268 g/mol. The maximum atomic E-state index is 9.70. The third-order valence-corrected chi connectivity index (χ3v) is 2.73. The molecule has 0 fully saturated rings. The van der Waals surface area contributed by atoms with E-state index in [1.165, 1.54) is 0 Å². The van der Waals surface area contributed by atoms with Gasteiger partial charge >= 0.3 is 0 Å². The summed E-state index contributed by atoms with van der Waals surface area (Å²) in [4.78, 5) is 0. The van der Waals surface area contributed by atoms with E-state index in [1.54, 1.807) is 6.92 Å². The molecule has 0 aliphatic heterocycles. The smallest absolute Gasteiger partial charge is 0.122 e. The molecular formula is C15H24O4. The summed E-state index contributed by atoms with van der Waals surface area (Å²) in [6.45, 7) is 7.95. The van der Waals surface area contributed by atoms with Crippen LogP contribution < -0.4 is 4.74 Å². The second-order valence-corrected chi connectivity index (χ2v) is 5.05. The van der Waals surface area contributed by atoms with E-state index in [1.807, 2.05) is 39.0 Å². The van der Waals surface area contributed by atoms with Crippen LogP contribution in [-0.4, -0.2) is 35.6 Å². The Kier molecular flexibility index (Phi) is 6.28. The number of rotatable bonds is 7. The summed E-state index contributed by atoms with van der Waals surface area (Å²) in [5, 5.41) is 19.2. The minimum absolute atomic E-state index is 0.0988. The number of hydrogen-bond acceptors (Lipinski definition) is 4. The first-order valence-electron chi connectivity index (χ1n) is 6.61. The van der Waals surface area contributed by atoms with Gasteiger partial charge in [0.05, 0.1) is 18.8 Å². The van der Waals surface area contributed by atoms with Crippen molar-refractivity contribution in [3.8, 4) is 5.75 Å². The van der Waals surface area contributed by atoms with Gasteiger partial charge in [-0.05, 0) is 51.0 Å². The summed E-state index contributed by atoms with van der Waals surface area (Å²) in [6, 6.07) is 5.52. The van der Waals surface area contributed by atoms with Gasteiger partial charge in [0.2, 0.25) is 0 Å². The fourth-order valence-electron chi connectivity index (χ4n) is 1.63. The quantitative estimate of drug-likeness (QED) is 0.796. The highest BCUT2D eigenvalue weighted by atomic mass is 16.5. The third-order valence-electron chi connectivity index (χ3n) is 2.73. The van der Waals surface area contributed by atoms with Gasteiger partial charge in [-0.25, -0.2) is 0 Å². The van der Waals surface area contributed by atoms with Crippen molar-refractivity contribution in [2.45, 2.75) is 46.0 Å². The second kappa shape index (κ2) is 7.48. The normalized spacial score (nSPS) is 14.5. The maximum Gasteiger partial charge on any atom is 0.122 e. The van der Waals surface area contributed by atoms with Crippen LogP contribution >= 0.6 is 0 Å². The zero-order chi connectivity index (χ0) is 14.4. The number of aliphatic hydroxyl groups is 2. The SMILES string of the molecule is Cc1cc([C@H](C)O)ccc1OCC(O)COC(C)C. The maximum absolute atomic E-state index is 9.70. The monoisotopic (exact) mass is 268 g/mol. The largest absolute Gasteiger partial charge is 0.491 e. The first-order chi connectivity index (χ1) is 8.90. The molecule has 1 rings (SSSR count).